The Balaban J connectivity index is 1.09. The molecule has 2 aliphatic carbocycles. The summed E-state index contributed by atoms with van der Waals surface area (Å²) in [7, 11) is 0. The summed E-state index contributed by atoms with van der Waals surface area (Å²) in [4.78, 5) is 36.3. The standard InChI is InChI=1S/C30H41N3O3S/c1-17-13-18(2)31-29(34)25(17)16-32-12-11-26-27(30(32)35)20(4)28(37-26)19(3)21-5-7-22(8-6-21)33-14-24(15-33)36-23-9-10-23/h13,19,21-24H,5-12,14-16H2,1-4H3,(H,31,34)/t19-,21-,22-/m1/s1. The van der Waals surface area contributed by atoms with E-state index in [1.54, 1.807) is 0 Å². The van der Waals surface area contributed by atoms with Crippen LogP contribution in [-0.2, 0) is 17.7 Å². The number of thiophene rings is 1. The Hall–Kier alpha value is -1.96. The zero-order chi connectivity index (χ0) is 25.8. The Labute approximate surface area is 224 Å². The van der Waals surface area contributed by atoms with E-state index in [0.29, 0.717) is 42.7 Å². The monoisotopic (exact) mass is 523 g/mol. The van der Waals surface area contributed by atoms with Crippen LogP contribution in [0.2, 0.25) is 0 Å². The second-order valence-electron chi connectivity index (χ2n) is 12.1. The molecule has 4 aliphatic rings. The van der Waals surface area contributed by atoms with Gasteiger partial charge in [-0.05, 0) is 88.3 Å². The van der Waals surface area contributed by atoms with E-state index in [0.717, 1.165) is 42.4 Å². The number of hydrogen-bond donors (Lipinski definition) is 1. The average Bonchev–Trinajstić information content (AvgIpc) is 3.60. The van der Waals surface area contributed by atoms with Crippen LogP contribution in [0.3, 0.4) is 0 Å². The number of nitrogens with zero attached hydrogens (tertiary/aromatic N) is 2. The lowest BCUT2D eigenvalue weighted by atomic mass is 9.76. The molecule has 7 heteroatoms. The van der Waals surface area contributed by atoms with Gasteiger partial charge in [0.15, 0.2) is 0 Å². The van der Waals surface area contributed by atoms with Crippen molar-refractivity contribution in [2.24, 2.45) is 5.92 Å². The van der Waals surface area contributed by atoms with Gasteiger partial charge in [-0.3, -0.25) is 14.5 Å². The molecule has 37 heavy (non-hydrogen) atoms. The van der Waals surface area contributed by atoms with Gasteiger partial charge in [0, 0.05) is 53.1 Å². The summed E-state index contributed by atoms with van der Waals surface area (Å²) in [5, 5.41) is 0. The van der Waals surface area contributed by atoms with Crippen molar-refractivity contribution in [2.45, 2.75) is 103 Å². The summed E-state index contributed by atoms with van der Waals surface area (Å²) < 4.78 is 6.07. The third kappa shape index (κ3) is 4.95. The number of likely N-dealkylation sites (tertiary alicyclic amines) is 1. The number of aromatic nitrogens is 1. The predicted octanol–water partition coefficient (Wildman–Crippen LogP) is 5.09. The van der Waals surface area contributed by atoms with E-state index < -0.39 is 0 Å². The Morgan fingerprint density at radius 2 is 1.78 bits per heavy atom. The molecule has 6 nitrogen and oxygen atoms in total. The lowest BCUT2D eigenvalue weighted by molar-refractivity contribution is -0.0860. The lowest BCUT2D eigenvalue weighted by Gasteiger charge is -2.47. The number of ether oxygens (including phenoxy) is 1. The molecule has 2 saturated carbocycles. The lowest BCUT2D eigenvalue weighted by Crippen LogP contribution is -2.57. The average molecular weight is 524 g/mol. The third-order valence-corrected chi connectivity index (χ3v) is 10.9. The minimum atomic E-state index is -0.0766. The number of rotatable bonds is 7. The molecule has 0 spiro atoms. The van der Waals surface area contributed by atoms with E-state index in [2.05, 4.69) is 23.7 Å². The molecule has 0 radical (unpaired) electrons. The summed E-state index contributed by atoms with van der Waals surface area (Å²) in [6.07, 6.45) is 9.57. The molecule has 0 bridgehead atoms. The van der Waals surface area contributed by atoms with E-state index in [1.807, 2.05) is 36.2 Å². The second-order valence-corrected chi connectivity index (χ2v) is 13.2. The van der Waals surface area contributed by atoms with Crippen molar-refractivity contribution in [1.29, 1.82) is 0 Å². The van der Waals surface area contributed by atoms with Gasteiger partial charge in [0.05, 0.1) is 24.3 Å². The maximum atomic E-state index is 13.6. The molecule has 200 valence electrons. The summed E-state index contributed by atoms with van der Waals surface area (Å²) in [5.41, 5.74) is 4.53. The number of amides is 1. The van der Waals surface area contributed by atoms with Crippen LogP contribution < -0.4 is 5.56 Å². The second kappa shape index (κ2) is 9.97. The number of H-pyrrole nitrogens is 1. The molecule has 2 aromatic rings. The van der Waals surface area contributed by atoms with E-state index in [4.69, 9.17) is 4.74 Å². The molecular weight excluding hydrogens is 482 g/mol. The first-order valence-corrected chi connectivity index (χ1v) is 15.1. The van der Waals surface area contributed by atoms with Gasteiger partial charge in [0.25, 0.3) is 11.5 Å². The molecule has 6 rings (SSSR count). The minimum absolute atomic E-state index is 0.0766. The summed E-state index contributed by atoms with van der Waals surface area (Å²) in [6, 6.07) is 2.71. The van der Waals surface area contributed by atoms with Crippen molar-refractivity contribution in [3.8, 4) is 0 Å². The minimum Gasteiger partial charge on any atom is -0.372 e. The molecule has 4 heterocycles. The number of nitrogens with one attached hydrogen (secondary N) is 1. The molecule has 1 saturated heterocycles. The highest BCUT2D eigenvalue weighted by Gasteiger charge is 2.39. The smallest absolute Gasteiger partial charge is 0.255 e. The van der Waals surface area contributed by atoms with Gasteiger partial charge in [-0.2, -0.15) is 0 Å². The SMILES string of the molecule is Cc1cc(C)c(CN2CCc3sc([C@H](C)[C@H]4CC[C@H](N5CC(OC6CC6)C5)CC4)c(C)c3C2=O)c(=O)[nH]1. The van der Waals surface area contributed by atoms with E-state index in [1.165, 1.54) is 53.8 Å². The number of pyridine rings is 1. The summed E-state index contributed by atoms with van der Waals surface area (Å²) in [5.74, 6) is 1.27. The summed E-state index contributed by atoms with van der Waals surface area (Å²) in [6.45, 7) is 11.7. The van der Waals surface area contributed by atoms with Crippen molar-refractivity contribution in [3.05, 3.63) is 54.1 Å². The molecule has 0 aromatic carbocycles. The molecule has 2 aromatic heterocycles. The van der Waals surface area contributed by atoms with Crippen molar-refractivity contribution in [2.75, 3.05) is 19.6 Å². The van der Waals surface area contributed by atoms with Crippen LogP contribution in [0, 0.1) is 26.7 Å². The van der Waals surface area contributed by atoms with Crippen molar-refractivity contribution in [1.82, 2.24) is 14.8 Å². The van der Waals surface area contributed by atoms with Crippen molar-refractivity contribution >= 4 is 17.2 Å². The van der Waals surface area contributed by atoms with E-state index >= 15 is 0 Å². The maximum Gasteiger partial charge on any atom is 0.255 e. The number of aromatic amines is 1. The molecule has 3 fully saturated rings. The van der Waals surface area contributed by atoms with Crippen molar-refractivity contribution in [3.63, 3.8) is 0 Å². The zero-order valence-electron chi connectivity index (χ0n) is 22.8. The Morgan fingerprint density at radius 1 is 1.05 bits per heavy atom. The molecule has 1 atom stereocenters. The summed E-state index contributed by atoms with van der Waals surface area (Å²) >= 11 is 1.88. The first-order chi connectivity index (χ1) is 17.8. The molecule has 1 N–H and O–H groups in total. The fourth-order valence-electron chi connectivity index (χ4n) is 6.91. The first-order valence-electron chi connectivity index (χ1n) is 14.3. The molecule has 2 aliphatic heterocycles. The van der Waals surface area contributed by atoms with Crippen LogP contribution in [0.4, 0.5) is 0 Å². The van der Waals surface area contributed by atoms with Gasteiger partial charge in [0.1, 0.15) is 0 Å². The molecule has 1 amide bonds. The van der Waals surface area contributed by atoms with Gasteiger partial charge >= 0.3 is 0 Å². The Morgan fingerprint density at radius 3 is 2.46 bits per heavy atom. The fraction of sp³-hybridized carbons (Fsp3) is 0.667. The van der Waals surface area contributed by atoms with Gasteiger partial charge < -0.3 is 14.6 Å². The van der Waals surface area contributed by atoms with Crippen LogP contribution in [0.15, 0.2) is 10.9 Å². The van der Waals surface area contributed by atoms with Crippen LogP contribution in [0.1, 0.15) is 93.9 Å². The Bertz CT molecular complexity index is 1230. The van der Waals surface area contributed by atoms with Crippen LogP contribution in [0.25, 0.3) is 0 Å². The number of carbonyl (C=O) groups excluding carboxylic acids is 1. The van der Waals surface area contributed by atoms with Gasteiger partial charge in [-0.25, -0.2) is 0 Å². The van der Waals surface area contributed by atoms with Gasteiger partial charge in [-0.1, -0.05) is 6.92 Å². The van der Waals surface area contributed by atoms with Crippen LogP contribution in [-0.4, -0.2) is 58.6 Å². The van der Waals surface area contributed by atoms with Crippen LogP contribution in [0.5, 0.6) is 0 Å². The maximum absolute atomic E-state index is 13.6. The van der Waals surface area contributed by atoms with Crippen LogP contribution >= 0.6 is 11.3 Å². The Kier molecular flexibility index (Phi) is 6.83. The normalized spacial score (nSPS) is 25.7. The quantitative estimate of drug-likeness (QED) is 0.549. The number of carbonyl (C=O) groups is 1. The third-order valence-electron chi connectivity index (χ3n) is 9.37. The highest BCUT2D eigenvalue weighted by Crippen LogP contribution is 2.44. The molecule has 0 unspecified atom stereocenters. The number of hydrogen-bond acceptors (Lipinski definition) is 5. The van der Waals surface area contributed by atoms with Gasteiger partial charge in [-0.15, -0.1) is 11.3 Å². The van der Waals surface area contributed by atoms with E-state index in [-0.39, 0.29) is 11.5 Å². The zero-order valence-corrected chi connectivity index (χ0v) is 23.6. The van der Waals surface area contributed by atoms with E-state index in [9.17, 15) is 9.59 Å². The molecular formula is C30H41N3O3S. The predicted molar refractivity (Wildman–Crippen MR) is 148 cm³/mol. The fourth-order valence-corrected chi connectivity index (χ4v) is 8.34. The highest BCUT2D eigenvalue weighted by molar-refractivity contribution is 7.12. The first kappa shape index (κ1) is 25.3. The highest BCUT2D eigenvalue weighted by atomic mass is 32.1. The van der Waals surface area contributed by atoms with Crippen molar-refractivity contribution < 1.29 is 9.53 Å². The number of aryl methyl sites for hydroxylation is 2. The topological polar surface area (TPSA) is 65.6 Å². The number of fused-ring (bicyclic) bond motifs is 1. The largest absolute Gasteiger partial charge is 0.372 e. The van der Waals surface area contributed by atoms with Gasteiger partial charge in [0.2, 0.25) is 0 Å².